The molecule has 2 unspecified atom stereocenters. The second-order valence-corrected chi connectivity index (χ2v) is 6.47. The van der Waals surface area contributed by atoms with Crippen molar-refractivity contribution in [2.24, 2.45) is 0 Å². The fourth-order valence-electron chi connectivity index (χ4n) is 3.60. The van der Waals surface area contributed by atoms with Crippen LogP contribution in [0.25, 0.3) is 10.9 Å². The molecular formula is C18H23N3O2. The number of pyridine rings is 1. The largest absolute Gasteiger partial charge is 0.480 e. The summed E-state index contributed by atoms with van der Waals surface area (Å²) in [5.74, 6) is -0.762. The number of aryl methyl sites for hydroxylation is 1. The van der Waals surface area contributed by atoms with Crippen molar-refractivity contribution in [3.8, 4) is 0 Å². The van der Waals surface area contributed by atoms with Gasteiger partial charge in [-0.15, -0.1) is 0 Å². The van der Waals surface area contributed by atoms with Crippen molar-refractivity contribution in [2.45, 2.75) is 32.9 Å². The van der Waals surface area contributed by atoms with Crippen LogP contribution in [-0.2, 0) is 4.79 Å². The topological polar surface area (TPSA) is 56.7 Å². The van der Waals surface area contributed by atoms with Crippen LogP contribution in [0.3, 0.4) is 0 Å². The highest BCUT2D eigenvalue weighted by atomic mass is 16.4. The molecule has 1 N–H and O–H groups in total. The number of anilines is 1. The third-order valence-corrected chi connectivity index (χ3v) is 4.71. The molecule has 5 nitrogen and oxygen atoms in total. The van der Waals surface area contributed by atoms with Crippen molar-refractivity contribution in [1.29, 1.82) is 0 Å². The van der Waals surface area contributed by atoms with E-state index in [1.165, 1.54) is 16.6 Å². The van der Waals surface area contributed by atoms with Crippen molar-refractivity contribution in [1.82, 2.24) is 9.88 Å². The Balaban J connectivity index is 1.92. The zero-order valence-electron chi connectivity index (χ0n) is 13.9. The lowest BCUT2D eigenvalue weighted by atomic mass is 10.0. The minimum atomic E-state index is -0.762. The maximum Gasteiger partial charge on any atom is 0.317 e. The molecule has 23 heavy (non-hydrogen) atoms. The molecule has 0 spiro atoms. The van der Waals surface area contributed by atoms with Crippen molar-refractivity contribution in [3.63, 3.8) is 0 Å². The summed E-state index contributed by atoms with van der Waals surface area (Å²) in [5, 5.41) is 10.3. The summed E-state index contributed by atoms with van der Waals surface area (Å²) >= 11 is 0. The minimum Gasteiger partial charge on any atom is -0.480 e. The highest BCUT2D eigenvalue weighted by Crippen LogP contribution is 2.30. The van der Waals surface area contributed by atoms with Gasteiger partial charge in [0.15, 0.2) is 0 Å². The maximum atomic E-state index is 11.1. The van der Waals surface area contributed by atoms with Crippen LogP contribution in [0.4, 0.5) is 5.69 Å². The van der Waals surface area contributed by atoms with Crippen LogP contribution in [0, 0.1) is 6.92 Å². The number of nitrogens with zero attached hydrogens (tertiary/aromatic N) is 3. The van der Waals surface area contributed by atoms with Crippen LogP contribution >= 0.6 is 0 Å². The molecule has 2 aromatic rings. The van der Waals surface area contributed by atoms with Crippen LogP contribution < -0.4 is 4.90 Å². The fraction of sp³-hybridized carbons (Fsp3) is 0.444. The number of aromatic nitrogens is 1. The molecule has 1 aromatic carbocycles. The fourth-order valence-corrected chi connectivity index (χ4v) is 3.60. The molecule has 0 saturated carbocycles. The van der Waals surface area contributed by atoms with Crippen LogP contribution in [0.5, 0.6) is 0 Å². The number of piperazine rings is 1. The first kappa shape index (κ1) is 15.7. The third-order valence-electron chi connectivity index (χ3n) is 4.71. The average molecular weight is 313 g/mol. The van der Waals surface area contributed by atoms with E-state index in [4.69, 9.17) is 5.11 Å². The first-order valence-electron chi connectivity index (χ1n) is 8.04. The summed E-state index contributed by atoms with van der Waals surface area (Å²) in [5.41, 5.74) is 3.40. The van der Waals surface area contributed by atoms with E-state index in [-0.39, 0.29) is 18.6 Å². The first-order valence-corrected chi connectivity index (χ1v) is 8.04. The standard InChI is InChI=1S/C18H23N3O2/c1-12-6-7-16(15-5-4-8-19-18(12)15)20-9-13(2)21(11-17(22)23)14(3)10-20/h4-8,13-14H,9-11H2,1-3H3,(H,22,23). The lowest BCUT2D eigenvalue weighted by molar-refractivity contribution is -0.139. The Hall–Kier alpha value is -2.14. The first-order chi connectivity index (χ1) is 11.0. The Labute approximate surface area is 136 Å². The second kappa shape index (κ2) is 6.16. The van der Waals surface area contributed by atoms with Gasteiger partial charge in [0.25, 0.3) is 0 Å². The number of carbonyl (C=O) groups is 1. The van der Waals surface area contributed by atoms with Gasteiger partial charge in [-0.05, 0) is 44.5 Å². The summed E-state index contributed by atoms with van der Waals surface area (Å²) in [6, 6.07) is 8.75. The van der Waals surface area contributed by atoms with Gasteiger partial charge in [0.2, 0.25) is 0 Å². The molecular weight excluding hydrogens is 290 g/mol. The highest BCUT2D eigenvalue weighted by Gasteiger charge is 2.31. The van der Waals surface area contributed by atoms with E-state index < -0.39 is 5.97 Å². The van der Waals surface area contributed by atoms with Crippen molar-refractivity contribution < 1.29 is 9.90 Å². The molecule has 2 heterocycles. The molecule has 2 atom stereocenters. The Bertz CT molecular complexity index is 719. The van der Waals surface area contributed by atoms with E-state index in [1.54, 1.807) is 0 Å². The predicted octanol–water partition coefficient (Wildman–Crippen LogP) is 2.53. The van der Waals surface area contributed by atoms with Gasteiger partial charge in [-0.2, -0.15) is 0 Å². The summed E-state index contributed by atoms with van der Waals surface area (Å²) in [7, 11) is 0. The highest BCUT2D eigenvalue weighted by molar-refractivity contribution is 5.93. The molecule has 1 aliphatic rings. The molecule has 1 aliphatic heterocycles. The number of carboxylic acid groups (broad SMARTS) is 1. The van der Waals surface area contributed by atoms with Crippen molar-refractivity contribution >= 4 is 22.6 Å². The summed E-state index contributed by atoms with van der Waals surface area (Å²) in [6.45, 7) is 8.03. The summed E-state index contributed by atoms with van der Waals surface area (Å²) < 4.78 is 0. The van der Waals surface area contributed by atoms with Gasteiger partial charge in [0.1, 0.15) is 0 Å². The zero-order valence-corrected chi connectivity index (χ0v) is 13.9. The van der Waals surface area contributed by atoms with Crippen LogP contribution in [-0.4, -0.2) is 52.7 Å². The van der Waals surface area contributed by atoms with E-state index in [1.807, 2.05) is 12.3 Å². The normalized spacial score (nSPS) is 22.5. The van der Waals surface area contributed by atoms with Gasteiger partial charge in [-0.25, -0.2) is 0 Å². The van der Waals surface area contributed by atoms with Crippen molar-refractivity contribution in [3.05, 3.63) is 36.0 Å². The number of benzene rings is 1. The van der Waals surface area contributed by atoms with E-state index in [2.05, 4.69) is 53.8 Å². The molecule has 0 bridgehead atoms. The van der Waals surface area contributed by atoms with Gasteiger partial charge in [-0.1, -0.05) is 6.07 Å². The Kier molecular flexibility index (Phi) is 4.22. The molecule has 5 heteroatoms. The number of carboxylic acids is 1. The Morgan fingerprint density at radius 2 is 1.96 bits per heavy atom. The number of fused-ring (bicyclic) bond motifs is 1. The molecule has 3 rings (SSSR count). The minimum absolute atomic E-state index is 0.104. The average Bonchev–Trinajstić information content (AvgIpc) is 2.51. The second-order valence-electron chi connectivity index (χ2n) is 6.47. The molecule has 0 amide bonds. The monoisotopic (exact) mass is 313 g/mol. The van der Waals surface area contributed by atoms with Crippen molar-refractivity contribution in [2.75, 3.05) is 24.5 Å². The number of aliphatic carboxylic acids is 1. The molecule has 0 aliphatic carbocycles. The summed E-state index contributed by atoms with van der Waals surface area (Å²) in [4.78, 5) is 20.0. The van der Waals surface area contributed by atoms with Gasteiger partial charge in [0, 0.05) is 42.4 Å². The number of rotatable bonds is 3. The van der Waals surface area contributed by atoms with Gasteiger partial charge in [-0.3, -0.25) is 14.7 Å². The molecule has 1 aromatic heterocycles. The number of hydrogen-bond donors (Lipinski definition) is 1. The van der Waals surface area contributed by atoms with E-state index >= 15 is 0 Å². The Morgan fingerprint density at radius 1 is 1.26 bits per heavy atom. The summed E-state index contributed by atoms with van der Waals surface area (Å²) in [6.07, 6.45) is 1.83. The molecule has 122 valence electrons. The molecule has 1 saturated heterocycles. The van der Waals surface area contributed by atoms with Crippen LogP contribution in [0.15, 0.2) is 30.5 Å². The maximum absolute atomic E-state index is 11.1. The van der Waals surface area contributed by atoms with Gasteiger partial charge >= 0.3 is 5.97 Å². The van der Waals surface area contributed by atoms with Crippen LogP contribution in [0.2, 0.25) is 0 Å². The van der Waals surface area contributed by atoms with Gasteiger partial charge < -0.3 is 10.0 Å². The van der Waals surface area contributed by atoms with E-state index in [9.17, 15) is 4.79 Å². The molecule has 1 fully saturated rings. The van der Waals surface area contributed by atoms with E-state index in [0.717, 1.165) is 18.6 Å². The Morgan fingerprint density at radius 3 is 2.61 bits per heavy atom. The SMILES string of the molecule is Cc1ccc(N2CC(C)N(CC(=O)O)C(C)C2)c2cccnc12. The van der Waals surface area contributed by atoms with Crippen LogP contribution in [0.1, 0.15) is 19.4 Å². The smallest absolute Gasteiger partial charge is 0.317 e. The van der Waals surface area contributed by atoms with Gasteiger partial charge in [0.05, 0.1) is 12.1 Å². The quantitative estimate of drug-likeness (QED) is 0.943. The lowest BCUT2D eigenvalue weighted by Crippen LogP contribution is -2.58. The van der Waals surface area contributed by atoms with E-state index in [0.29, 0.717) is 0 Å². The molecule has 0 radical (unpaired) electrons. The number of hydrogen-bond acceptors (Lipinski definition) is 4. The predicted molar refractivity (Wildman–Crippen MR) is 92.0 cm³/mol. The zero-order chi connectivity index (χ0) is 16.6. The third kappa shape index (κ3) is 3.01. The lowest BCUT2D eigenvalue weighted by Gasteiger charge is -2.45.